The van der Waals surface area contributed by atoms with E-state index in [9.17, 15) is 18.3 Å². The molecule has 1 aromatic carbocycles. The van der Waals surface area contributed by atoms with Gasteiger partial charge in [0.2, 0.25) is 0 Å². The van der Waals surface area contributed by atoms with Crippen molar-refractivity contribution >= 4 is 39.0 Å². The standard InChI is InChI=1S/C19H18N2O4S2/c20-13-15-6-4-14(5-7-15)12-16(19(22)23)17-8-9-18(26-17)27(24,25)21-10-2-1-3-11-21/h4-9,12H,1-3,10-11H2,(H,22,23)/p-1/b16-12+. The number of aliphatic carboxylic acids is 1. The van der Waals surface area contributed by atoms with Crippen LogP contribution in [0, 0.1) is 11.3 Å². The summed E-state index contributed by atoms with van der Waals surface area (Å²) >= 11 is 0.926. The monoisotopic (exact) mass is 401 g/mol. The smallest absolute Gasteiger partial charge is 0.252 e. The summed E-state index contributed by atoms with van der Waals surface area (Å²) in [5, 5.41) is 20.4. The van der Waals surface area contributed by atoms with Crippen molar-refractivity contribution in [3.05, 3.63) is 52.4 Å². The summed E-state index contributed by atoms with van der Waals surface area (Å²) in [7, 11) is -3.61. The minimum absolute atomic E-state index is 0.0928. The molecular formula is C19H17N2O4S2-. The average Bonchev–Trinajstić information content (AvgIpc) is 3.17. The van der Waals surface area contributed by atoms with E-state index in [1.165, 1.54) is 22.5 Å². The van der Waals surface area contributed by atoms with Gasteiger partial charge in [-0.25, -0.2) is 8.42 Å². The van der Waals surface area contributed by atoms with Crippen LogP contribution in [0.1, 0.15) is 35.3 Å². The maximum Gasteiger partial charge on any atom is 0.252 e. The van der Waals surface area contributed by atoms with Gasteiger partial charge < -0.3 is 9.90 Å². The summed E-state index contributed by atoms with van der Waals surface area (Å²) in [4.78, 5) is 11.9. The van der Waals surface area contributed by atoms with Gasteiger partial charge in [0.05, 0.1) is 17.6 Å². The quantitative estimate of drug-likeness (QED) is 0.714. The van der Waals surface area contributed by atoms with Crippen molar-refractivity contribution in [3.8, 4) is 6.07 Å². The average molecular weight is 401 g/mol. The van der Waals surface area contributed by atoms with Crippen LogP contribution in [0.4, 0.5) is 0 Å². The molecule has 0 unspecified atom stereocenters. The molecule has 0 radical (unpaired) electrons. The number of carboxylic acids is 1. The minimum Gasteiger partial charge on any atom is -0.545 e. The van der Waals surface area contributed by atoms with Gasteiger partial charge in [0, 0.05) is 23.5 Å². The summed E-state index contributed by atoms with van der Waals surface area (Å²) in [5.41, 5.74) is 0.958. The zero-order chi connectivity index (χ0) is 19.4. The summed E-state index contributed by atoms with van der Waals surface area (Å²) in [6.45, 7) is 0.980. The lowest BCUT2D eigenvalue weighted by Gasteiger charge is -2.25. The largest absolute Gasteiger partial charge is 0.545 e. The molecule has 3 rings (SSSR count). The van der Waals surface area contributed by atoms with Crippen LogP contribution in [0.25, 0.3) is 11.6 Å². The topological polar surface area (TPSA) is 101 Å². The third kappa shape index (κ3) is 4.27. The second-order valence-electron chi connectivity index (χ2n) is 6.16. The molecule has 0 aliphatic carbocycles. The van der Waals surface area contributed by atoms with E-state index in [2.05, 4.69) is 0 Å². The first-order valence-corrected chi connectivity index (χ1v) is 10.7. The molecule has 1 aliphatic heterocycles. The maximum absolute atomic E-state index is 12.7. The van der Waals surface area contributed by atoms with Gasteiger partial charge in [0.25, 0.3) is 10.0 Å². The van der Waals surface area contributed by atoms with Crippen LogP contribution >= 0.6 is 11.3 Å². The Morgan fingerprint density at radius 3 is 2.37 bits per heavy atom. The number of carbonyl (C=O) groups is 1. The molecule has 0 atom stereocenters. The number of thiophene rings is 1. The molecule has 0 saturated carbocycles. The number of hydrogen-bond acceptors (Lipinski definition) is 6. The zero-order valence-electron chi connectivity index (χ0n) is 14.4. The van der Waals surface area contributed by atoms with Gasteiger partial charge in [-0.3, -0.25) is 0 Å². The molecule has 0 spiro atoms. The van der Waals surface area contributed by atoms with E-state index < -0.39 is 16.0 Å². The summed E-state index contributed by atoms with van der Waals surface area (Å²) < 4.78 is 27.1. The van der Waals surface area contributed by atoms with E-state index in [0.29, 0.717) is 29.1 Å². The molecule has 140 valence electrons. The normalized spacial score (nSPS) is 16.0. The van der Waals surface area contributed by atoms with E-state index in [-0.39, 0.29) is 9.78 Å². The van der Waals surface area contributed by atoms with Gasteiger partial charge in [-0.15, -0.1) is 11.3 Å². The van der Waals surface area contributed by atoms with Crippen molar-refractivity contribution < 1.29 is 18.3 Å². The minimum atomic E-state index is -3.61. The highest BCUT2D eigenvalue weighted by Crippen LogP contribution is 2.31. The number of piperidine rings is 1. The van der Waals surface area contributed by atoms with Crippen molar-refractivity contribution in [2.24, 2.45) is 0 Å². The second kappa shape index (κ2) is 8.05. The van der Waals surface area contributed by atoms with Gasteiger partial charge in [0.15, 0.2) is 0 Å². The number of benzene rings is 1. The van der Waals surface area contributed by atoms with Crippen molar-refractivity contribution in [1.82, 2.24) is 4.31 Å². The van der Waals surface area contributed by atoms with E-state index in [1.807, 2.05) is 6.07 Å². The molecule has 8 heteroatoms. The zero-order valence-corrected chi connectivity index (χ0v) is 16.1. The number of carboxylic acid groups (broad SMARTS) is 1. The molecule has 27 heavy (non-hydrogen) atoms. The highest BCUT2D eigenvalue weighted by Gasteiger charge is 2.27. The lowest BCUT2D eigenvalue weighted by Crippen LogP contribution is -2.35. The third-order valence-corrected chi connectivity index (χ3v) is 7.81. The highest BCUT2D eigenvalue weighted by molar-refractivity contribution is 7.91. The van der Waals surface area contributed by atoms with Crippen LogP contribution in [-0.4, -0.2) is 31.8 Å². The van der Waals surface area contributed by atoms with Crippen LogP contribution in [0.15, 0.2) is 40.6 Å². The predicted molar refractivity (Wildman–Crippen MR) is 101 cm³/mol. The third-order valence-electron chi connectivity index (χ3n) is 4.33. The number of carbonyl (C=O) groups excluding carboxylic acids is 1. The van der Waals surface area contributed by atoms with Crippen molar-refractivity contribution in [1.29, 1.82) is 5.26 Å². The van der Waals surface area contributed by atoms with Crippen molar-refractivity contribution in [3.63, 3.8) is 0 Å². The Balaban J connectivity index is 1.92. The Kier molecular flexibility index (Phi) is 5.75. The Morgan fingerprint density at radius 1 is 1.11 bits per heavy atom. The number of hydrogen-bond donors (Lipinski definition) is 0. The molecule has 6 nitrogen and oxygen atoms in total. The summed E-state index contributed by atoms with van der Waals surface area (Å²) in [6.07, 6.45) is 4.10. The molecule has 0 bridgehead atoms. The summed E-state index contributed by atoms with van der Waals surface area (Å²) in [6, 6.07) is 11.3. The van der Waals surface area contributed by atoms with E-state index in [0.717, 1.165) is 30.6 Å². The fraction of sp³-hybridized carbons (Fsp3) is 0.263. The first-order valence-electron chi connectivity index (χ1n) is 8.45. The van der Waals surface area contributed by atoms with Crippen molar-refractivity contribution in [2.45, 2.75) is 23.5 Å². The molecule has 0 N–H and O–H groups in total. The van der Waals surface area contributed by atoms with Crippen LogP contribution in [0.5, 0.6) is 0 Å². The Hall–Kier alpha value is -2.47. The molecular weight excluding hydrogens is 384 g/mol. The molecule has 1 aliphatic rings. The maximum atomic E-state index is 12.7. The van der Waals surface area contributed by atoms with Gasteiger partial charge in [-0.2, -0.15) is 9.57 Å². The van der Waals surface area contributed by atoms with E-state index >= 15 is 0 Å². The van der Waals surface area contributed by atoms with Gasteiger partial charge in [-0.05, 0) is 48.7 Å². The fourth-order valence-electron chi connectivity index (χ4n) is 2.89. The Bertz CT molecular complexity index is 1010. The lowest BCUT2D eigenvalue weighted by atomic mass is 10.1. The molecule has 1 saturated heterocycles. The molecule has 2 heterocycles. The van der Waals surface area contributed by atoms with E-state index in [1.54, 1.807) is 24.3 Å². The molecule has 1 fully saturated rings. The van der Waals surface area contributed by atoms with Crippen molar-refractivity contribution in [2.75, 3.05) is 13.1 Å². The Morgan fingerprint density at radius 2 is 1.78 bits per heavy atom. The van der Waals surface area contributed by atoms with Crippen LogP contribution in [-0.2, 0) is 14.8 Å². The second-order valence-corrected chi connectivity index (χ2v) is 9.41. The SMILES string of the molecule is N#Cc1ccc(/C=C(/C(=O)[O-])c2ccc(S(=O)(=O)N3CCCCC3)s2)cc1. The predicted octanol–water partition coefficient (Wildman–Crippen LogP) is 2.08. The van der Waals surface area contributed by atoms with Gasteiger partial charge >= 0.3 is 0 Å². The number of sulfonamides is 1. The van der Waals surface area contributed by atoms with Crippen LogP contribution < -0.4 is 5.11 Å². The highest BCUT2D eigenvalue weighted by atomic mass is 32.2. The number of nitriles is 1. The molecule has 2 aromatic rings. The number of nitrogens with zero attached hydrogens (tertiary/aromatic N) is 2. The Labute approximate surface area is 162 Å². The lowest BCUT2D eigenvalue weighted by molar-refractivity contribution is -0.295. The molecule has 0 amide bonds. The van der Waals surface area contributed by atoms with Crippen LogP contribution in [0.3, 0.4) is 0 Å². The summed E-state index contributed by atoms with van der Waals surface area (Å²) in [5.74, 6) is -1.39. The van der Waals surface area contributed by atoms with Gasteiger partial charge in [-0.1, -0.05) is 18.6 Å². The first-order chi connectivity index (χ1) is 12.9. The molecule has 1 aromatic heterocycles. The first kappa shape index (κ1) is 19.3. The van der Waals surface area contributed by atoms with E-state index in [4.69, 9.17) is 5.26 Å². The van der Waals surface area contributed by atoms with Crippen LogP contribution in [0.2, 0.25) is 0 Å². The van der Waals surface area contributed by atoms with Gasteiger partial charge in [0.1, 0.15) is 4.21 Å². The number of rotatable bonds is 5. The fourth-order valence-corrected chi connectivity index (χ4v) is 5.87.